The normalized spacial score (nSPS) is 14.7. The van der Waals surface area contributed by atoms with Gasteiger partial charge in [-0.05, 0) is 25.5 Å². The molecule has 7 heteroatoms. The number of rotatable bonds is 6. The maximum atomic E-state index is 12.5. The Morgan fingerprint density at radius 2 is 2.09 bits per heavy atom. The van der Waals surface area contributed by atoms with E-state index in [2.05, 4.69) is 0 Å². The lowest BCUT2D eigenvalue weighted by Crippen LogP contribution is -2.50. The highest BCUT2D eigenvalue weighted by Crippen LogP contribution is 2.31. The summed E-state index contributed by atoms with van der Waals surface area (Å²) in [5.41, 5.74) is 0.525. The van der Waals surface area contributed by atoms with E-state index in [1.165, 1.54) is 9.80 Å². The molecule has 1 aliphatic rings. The number of carbonyl (C=O) groups excluding carboxylic acids is 2. The Labute approximate surface area is 134 Å². The van der Waals surface area contributed by atoms with Gasteiger partial charge >= 0.3 is 5.97 Å². The molecular formula is C16H20N2O5. The number of fused-ring (bicyclic) bond motifs is 1. The molecule has 1 atom stereocenters. The molecule has 1 heterocycles. The van der Waals surface area contributed by atoms with Crippen molar-refractivity contribution in [2.75, 3.05) is 24.6 Å². The highest BCUT2D eigenvalue weighted by atomic mass is 16.5. The van der Waals surface area contributed by atoms with Crippen LogP contribution in [0.4, 0.5) is 5.69 Å². The van der Waals surface area contributed by atoms with Crippen molar-refractivity contribution in [1.82, 2.24) is 4.90 Å². The van der Waals surface area contributed by atoms with E-state index in [-0.39, 0.29) is 31.6 Å². The average Bonchev–Trinajstić information content (AvgIpc) is 2.54. The zero-order chi connectivity index (χ0) is 17.0. The van der Waals surface area contributed by atoms with Gasteiger partial charge in [0, 0.05) is 6.04 Å². The SMILES string of the molecule is CCC(C)N(CC(=O)O)C(=O)CN1C(=O)COc2ccccc21. The number of benzene rings is 1. The van der Waals surface area contributed by atoms with Crippen LogP contribution < -0.4 is 9.64 Å². The number of carbonyl (C=O) groups is 3. The molecule has 1 aliphatic heterocycles. The Morgan fingerprint density at radius 3 is 2.74 bits per heavy atom. The number of hydrogen-bond donors (Lipinski definition) is 1. The first-order valence-corrected chi connectivity index (χ1v) is 7.47. The smallest absolute Gasteiger partial charge is 0.323 e. The van der Waals surface area contributed by atoms with Crippen LogP contribution in [0, 0.1) is 0 Å². The number of para-hydroxylation sites is 2. The summed E-state index contributed by atoms with van der Waals surface area (Å²) in [5.74, 6) is -1.26. The first-order chi connectivity index (χ1) is 10.9. The second-order valence-electron chi connectivity index (χ2n) is 5.41. The summed E-state index contributed by atoms with van der Waals surface area (Å²) in [6, 6.07) is 6.74. The van der Waals surface area contributed by atoms with E-state index in [4.69, 9.17) is 9.84 Å². The summed E-state index contributed by atoms with van der Waals surface area (Å²) in [6.45, 7) is 2.95. The average molecular weight is 320 g/mol. The van der Waals surface area contributed by atoms with Crippen LogP contribution >= 0.6 is 0 Å². The second-order valence-corrected chi connectivity index (χ2v) is 5.41. The fourth-order valence-electron chi connectivity index (χ4n) is 2.41. The minimum absolute atomic E-state index is 0.132. The zero-order valence-corrected chi connectivity index (χ0v) is 13.2. The van der Waals surface area contributed by atoms with Crippen molar-refractivity contribution < 1.29 is 24.2 Å². The van der Waals surface area contributed by atoms with Gasteiger partial charge in [-0.2, -0.15) is 0 Å². The van der Waals surface area contributed by atoms with Gasteiger partial charge in [-0.15, -0.1) is 0 Å². The van der Waals surface area contributed by atoms with E-state index in [9.17, 15) is 14.4 Å². The van der Waals surface area contributed by atoms with Gasteiger partial charge in [-0.1, -0.05) is 19.1 Å². The molecule has 0 bridgehead atoms. The quantitative estimate of drug-likeness (QED) is 0.849. The lowest BCUT2D eigenvalue weighted by molar-refractivity contribution is -0.145. The summed E-state index contributed by atoms with van der Waals surface area (Å²) in [5, 5.41) is 9.00. The van der Waals surface area contributed by atoms with Crippen molar-refractivity contribution in [1.29, 1.82) is 0 Å². The monoisotopic (exact) mass is 320 g/mol. The van der Waals surface area contributed by atoms with E-state index in [1.807, 2.05) is 6.92 Å². The Balaban J connectivity index is 2.20. The molecule has 2 rings (SSSR count). The molecule has 1 aromatic rings. The molecule has 1 unspecified atom stereocenters. The minimum atomic E-state index is -1.08. The Kier molecular flexibility index (Phi) is 5.20. The molecule has 1 aromatic carbocycles. The minimum Gasteiger partial charge on any atom is -0.482 e. The predicted molar refractivity (Wildman–Crippen MR) is 83.4 cm³/mol. The molecule has 7 nitrogen and oxygen atoms in total. The van der Waals surface area contributed by atoms with Crippen LogP contribution in [0.3, 0.4) is 0 Å². The molecule has 0 saturated heterocycles. The van der Waals surface area contributed by atoms with Gasteiger partial charge in [-0.3, -0.25) is 19.3 Å². The summed E-state index contributed by atoms with van der Waals surface area (Å²) < 4.78 is 5.33. The number of amides is 2. The van der Waals surface area contributed by atoms with Crippen LogP contribution in [0.2, 0.25) is 0 Å². The molecule has 0 aromatic heterocycles. The Hall–Kier alpha value is -2.57. The van der Waals surface area contributed by atoms with Gasteiger partial charge in [0.05, 0.1) is 5.69 Å². The lowest BCUT2D eigenvalue weighted by Gasteiger charge is -2.32. The van der Waals surface area contributed by atoms with Crippen LogP contribution in [0.25, 0.3) is 0 Å². The molecule has 23 heavy (non-hydrogen) atoms. The topological polar surface area (TPSA) is 87.2 Å². The maximum absolute atomic E-state index is 12.5. The number of carboxylic acid groups (broad SMARTS) is 1. The summed E-state index contributed by atoms with van der Waals surface area (Å²) in [6.07, 6.45) is 0.632. The van der Waals surface area contributed by atoms with E-state index in [0.29, 0.717) is 17.9 Å². The molecule has 0 radical (unpaired) electrons. The van der Waals surface area contributed by atoms with Crippen molar-refractivity contribution in [3.05, 3.63) is 24.3 Å². The maximum Gasteiger partial charge on any atom is 0.323 e. The highest BCUT2D eigenvalue weighted by molar-refractivity contribution is 6.02. The fraction of sp³-hybridized carbons (Fsp3) is 0.438. The number of hydrogen-bond acceptors (Lipinski definition) is 4. The standard InChI is InChI=1S/C16H20N2O5/c1-3-11(2)17(9-16(21)22)14(19)8-18-12-6-4-5-7-13(12)23-10-15(18)20/h4-7,11H,3,8-10H2,1-2H3,(H,21,22). The third-order valence-corrected chi connectivity index (χ3v) is 3.85. The van der Waals surface area contributed by atoms with Gasteiger partial charge in [0.1, 0.15) is 18.8 Å². The summed E-state index contributed by atoms with van der Waals surface area (Å²) >= 11 is 0. The van der Waals surface area contributed by atoms with Crippen molar-refractivity contribution in [2.45, 2.75) is 26.3 Å². The number of aliphatic carboxylic acids is 1. The number of ether oxygens (including phenoxy) is 1. The van der Waals surface area contributed by atoms with Crippen molar-refractivity contribution in [3.8, 4) is 5.75 Å². The van der Waals surface area contributed by atoms with Crippen LogP contribution in [-0.2, 0) is 14.4 Å². The van der Waals surface area contributed by atoms with Crippen molar-refractivity contribution in [2.24, 2.45) is 0 Å². The van der Waals surface area contributed by atoms with Gasteiger partial charge < -0.3 is 14.7 Å². The van der Waals surface area contributed by atoms with Gasteiger partial charge in [-0.25, -0.2) is 0 Å². The van der Waals surface area contributed by atoms with E-state index >= 15 is 0 Å². The van der Waals surface area contributed by atoms with Crippen LogP contribution in [-0.4, -0.2) is 53.5 Å². The lowest BCUT2D eigenvalue weighted by atomic mass is 10.2. The van der Waals surface area contributed by atoms with Gasteiger partial charge in [0.25, 0.3) is 5.91 Å². The predicted octanol–water partition coefficient (Wildman–Crippen LogP) is 1.12. The van der Waals surface area contributed by atoms with Crippen LogP contribution in [0.15, 0.2) is 24.3 Å². The Morgan fingerprint density at radius 1 is 1.39 bits per heavy atom. The summed E-state index contributed by atoms with van der Waals surface area (Å²) in [7, 11) is 0. The third kappa shape index (κ3) is 3.80. The summed E-state index contributed by atoms with van der Waals surface area (Å²) in [4.78, 5) is 38.2. The largest absolute Gasteiger partial charge is 0.482 e. The molecular weight excluding hydrogens is 300 g/mol. The number of nitrogens with zero attached hydrogens (tertiary/aromatic N) is 2. The molecule has 124 valence electrons. The van der Waals surface area contributed by atoms with Crippen LogP contribution in [0.1, 0.15) is 20.3 Å². The third-order valence-electron chi connectivity index (χ3n) is 3.85. The molecule has 2 amide bonds. The van der Waals surface area contributed by atoms with Crippen LogP contribution in [0.5, 0.6) is 5.75 Å². The van der Waals surface area contributed by atoms with Gasteiger partial charge in [0.15, 0.2) is 6.61 Å². The van der Waals surface area contributed by atoms with Crippen molar-refractivity contribution in [3.63, 3.8) is 0 Å². The molecule has 0 aliphatic carbocycles. The van der Waals surface area contributed by atoms with E-state index in [0.717, 1.165) is 0 Å². The van der Waals surface area contributed by atoms with Crippen molar-refractivity contribution >= 4 is 23.5 Å². The molecule has 0 saturated carbocycles. The second kappa shape index (κ2) is 7.13. The highest BCUT2D eigenvalue weighted by Gasteiger charge is 2.30. The fourth-order valence-corrected chi connectivity index (χ4v) is 2.41. The molecule has 1 N–H and O–H groups in total. The zero-order valence-electron chi connectivity index (χ0n) is 13.2. The van der Waals surface area contributed by atoms with E-state index in [1.54, 1.807) is 31.2 Å². The number of carboxylic acids is 1. The number of anilines is 1. The van der Waals surface area contributed by atoms with Gasteiger partial charge in [0.2, 0.25) is 5.91 Å². The molecule has 0 fully saturated rings. The van der Waals surface area contributed by atoms with E-state index < -0.39 is 11.9 Å². The first-order valence-electron chi connectivity index (χ1n) is 7.47. The Bertz CT molecular complexity index is 616. The molecule has 0 spiro atoms. The first kappa shape index (κ1) is 16.8.